The molecule has 0 bridgehead atoms. The van der Waals surface area contributed by atoms with E-state index in [9.17, 15) is 10.1 Å². The zero-order valence-electron chi connectivity index (χ0n) is 9.51. The lowest BCUT2D eigenvalue weighted by atomic mass is 10.3. The Bertz CT molecular complexity index is 437. The quantitative estimate of drug-likeness (QED) is 0.405. The highest BCUT2D eigenvalue weighted by atomic mass is 16.6. The van der Waals surface area contributed by atoms with Crippen molar-refractivity contribution in [3.05, 3.63) is 22.2 Å². The molecule has 0 amide bonds. The van der Waals surface area contributed by atoms with E-state index in [4.69, 9.17) is 5.84 Å². The van der Waals surface area contributed by atoms with E-state index < -0.39 is 4.92 Å². The van der Waals surface area contributed by atoms with E-state index in [0.717, 1.165) is 6.42 Å². The van der Waals surface area contributed by atoms with Gasteiger partial charge in [-0.1, -0.05) is 6.92 Å². The van der Waals surface area contributed by atoms with E-state index in [-0.39, 0.29) is 11.5 Å². The number of hydrogen-bond donors (Lipinski definition) is 3. The third-order valence-corrected chi connectivity index (χ3v) is 3.03. The van der Waals surface area contributed by atoms with Gasteiger partial charge in [-0.2, -0.15) is 0 Å². The minimum Gasteiger partial charge on any atom is -0.364 e. The lowest BCUT2D eigenvalue weighted by Crippen LogP contribution is -2.12. The first-order valence-electron chi connectivity index (χ1n) is 5.47. The van der Waals surface area contributed by atoms with E-state index in [1.54, 1.807) is 0 Å². The number of nitrogens with one attached hydrogen (secondary N) is 2. The van der Waals surface area contributed by atoms with E-state index in [1.165, 1.54) is 12.1 Å². The van der Waals surface area contributed by atoms with Crippen LogP contribution in [0.5, 0.6) is 0 Å². The summed E-state index contributed by atoms with van der Waals surface area (Å²) in [5, 5.41) is 13.8. The Morgan fingerprint density at radius 1 is 1.65 bits per heavy atom. The van der Waals surface area contributed by atoms with Crippen LogP contribution in [0.15, 0.2) is 12.1 Å². The monoisotopic (exact) mass is 237 g/mol. The number of hydrazine groups is 1. The van der Waals surface area contributed by atoms with Crippen LogP contribution in [0.3, 0.4) is 0 Å². The predicted octanol–water partition coefficient (Wildman–Crippen LogP) is 1.34. The molecule has 1 fully saturated rings. The number of nitro groups is 1. The van der Waals surface area contributed by atoms with Gasteiger partial charge in [0.05, 0.1) is 4.92 Å². The Hall–Kier alpha value is -1.89. The summed E-state index contributed by atoms with van der Waals surface area (Å²) in [7, 11) is 0. The molecule has 7 heteroatoms. The van der Waals surface area contributed by atoms with Crippen molar-refractivity contribution >= 4 is 17.3 Å². The molecule has 1 heterocycles. The summed E-state index contributed by atoms with van der Waals surface area (Å²) in [4.78, 5) is 14.4. The van der Waals surface area contributed by atoms with E-state index in [1.807, 2.05) is 0 Å². The van der Waals surface area contributed by atoms with Crippen LogP contribution in [0.1, 0.15) is 13.3 Å². The Morgan fingerprint density at radius 3 is 2.88 bits per heavy atom. The summed E-state index contributed by atoms with van der Waals surface area (Å²) in [6, 6.07) is 2.86. The SMILES string of the molecule is CC1CC1CNc1nc(NN)ccc1[N+](=O)[O-]. The largest absolute Gasteiger partial charge is 0.364 e. The fourth-order valence-corrected chi connectivity index (χ4v) is 1.72. The van der Waals surface area contributed by atoms with Crippen molar-refractivity contribution in [1.82, 2.24) is 4.98 Å². The van der Waals surface area contributed by atoms with Gasteiger partial charge in [-0.05, 0) is 24.3 Å². The lowest BCUT2D eigenvalue weighted by Gasteiger charge is -2.07. The predicted molar refractivity (Wildman–Crippen MR) is 64.5 cm³/mol. The maximum absolute atomic E-state index is 10.8. The van der Waals surface area contributed by atoms with Crippen LogP contribution >= 0.6 is 0 Å². The molecule has 7 nitrogen and oxygen atoms in total. The topological polar surface area (TPSA) is 106 Å². The van der Waals surface area contributed by atoms with Gasteiger partial charge in [0.15, 0.2) is 0 Å². The van der Waals surface area contributed by atoms with Crippen molar-refractivity contribution in [3.8, 4) is 0 Å². The first-order chi connectivity index (χ1) is 8.11. The standard InChI is InChI=1S/C10H15N5O2/c1-6-4-7(6)5-12-10-8(15(16)17)2-3-9(13-10)14-11/h2-3,6-7H,4-5,11H2,1H3,(H2,12,13,14). The molecule has 0 aliphatic heterocycles. The number of nitrogens with two attached hydrogens (primary N) is 1. The number of pyridine rings is 1. The average molecular weight is 237 g/mol. The third kappa shape index (κ3) is 2.62. The van der Waals surface area contributed by atoms with Gasteiger partial charge in [-0.25, -0.2) is 10.8 Å². The molecule has 1 aromatic heterocycles. The third-order valence-electron chi connectivity index (χ3n) is 3.03. The molecule has 1 aromatic rings. The Morgan fingerprint density at radius 2 is 2.35 bits per heavy atom. The zero-order valence-corrected chi connectivity index (χ0v) is 9.51. The van der Waals surface area contributed by atoms with Crippen molar-refractivity contribution in [3.63, 3.8) is 0 Å². The summed E-state index contributed by atoms with van der Waals surface area (Å²) in [5.41, 5.74) is 2.34. The number of anilines is 2. The summed E-state index contributed by atoms with van der Waals surface area (Å²) in [5.74, 6) is 7.18. The maximum Gasteiger partial charge on any atom is 0.311 e. The van der Waals surface area contributed by atoms with E-state index >= 15 is 0 Å². The summed E-state index contributed by atoms with van der Waals surface area (Å²) in [6.45, 7) is 2.87. The average Bonchev–Trinajstić information content (AvgIpc) is 3.02. The second-order valence-electron chi connectivity index (χ2n) is 4.32. The molecule has 1 saturated carbocycles. The number of hydrogen-bond acceptors (Lipinski definition) is 6. The van der Waals surface area contributed by atoms with Gasteiger partial charge in [0.25, 0.3) is 0 Å². The molecule has 17 heavy (non-hydrogen) atoms. The molecule has 0 spiro atoms. The van der Waals surface area contributed by atoms with Gasteiger partial charge in [-0.3, -0.25) is 10.1 Å². The highest BCUT2D eigenvalue weighted by molar-refractivity contribution is 5.60. The van der Waals surface area contributed by atoms with Crippen LogP contribution in [0.2, 0.25) is 0 Å². The summed E-state index contributed by atoms with van der Waals surface area (Å²) in [6.07, 6.45) is 1.16. The van der Waals surface area contributed by atoms with E-state index in [0.29, 0.717) is 24.2 Å². The summed E-state index contributed by atoms with van der Waals surface area (Å²) >= 11 is 0. The van der Waals surface area contributed by atoms with Crippen LogP contribution in [0.4, 0.5) is 17.3 Å². The number of nitrogen functional groups attached to an aromatic ring is 1. The molecule has 1 aliphatic carbocycles. The van der Waals surface area contributed by atoms with Gasteiger partial charge in [0.2, 0.25) is 5.82 Å². The fraction of sp³-hybridized carbons (Fsp3) is 0.500. The van der Waals surface area contributed by atoms with Crippen LogP contribution in [-0.2, 0) is 0 Å². The highest BCUT2D eigenvalue weighted by Crippen LogP contribution is 2.38. The molecular weight excluding hydrogens is 222 g/mol. The maximum atomic E-state index is 10.8. The number of aromatic nitrogens is 1. The van der Waals surface area contributed by atoms with Crippen molar-refractivity contribution in [2.45, 2.75) is 13.3 Å². The second kappa shape index (κ2) is 4.54. The zero-order chi connectivity index (χ0) is 12.4. The molecule has 2 atom stereocenters. The second-order valence-corrected chi connectivity index (χ2v) is 4.32. The van der Waals surface area contributed by atoms with Crippen LogP contribution in [-0.4, -0.2) is 16.5 Å². The molecule has 4 N–H and O–H groups in total. The summed E-state index contributed by atoms with van der Waals surface area (Å²) < 4.78 is 0. The minimum absolute atomic E-state index is 0.0303. The Labute approximate surface area is 98.5 Å². The van der Waals surface area contributed by atoms with Crippen LogP contribution in [0, 0.1) is 22.0 Å². The van der Waals surface area contributed by atoms with Gasteiger partial charge in [0.1, 0.15) is 5.82 Å². The fourth-order valence-electron chi connectivity index (χ4n) is 1.72. The van der Waals surface area contributed by atoms with Crippen LogP contribution < -0.4 is 16.6 Å². The Balaban J connectivity index is 2.13. The van der Waals surface area contributed by atoms with Crippen molar-refractivity contribution < 1.29 is 4.92 Å². The molecule has 0 aromatic carbocycles. The normalized spacial score (nSPS) is 22.0. The van der Waals surface area contributed by atoms with Crippen molar-refractivity contribution in [2.75, 3.05) is 17.3 Å². The smallest absolute Gasteiger partial charge is 0.311 e. The highest BCUT2D eigenvalue weighted by Gasteiger charge is 2.32. The first-order valence-corrected chi connectivity index (χ1v) is 5.47. The van der Waals surface area contributed by atoms with E-state index in [2.05, 4.69) is 22.7 Å². The number of nitrogens with zero attached hydrogens (tertiary/aromatic N) is 2. The van der Waals surface area contributed by atoms with Crippen LogP contribution in [0.25, 0.3) is 0 Å². The molecule has 1 aliphatic rings. The molecule has 92 valence electrons. The molecule has 2 unspecified atom stereocenters. The molecular formula is C10H15N5O2. The van der Waals surface area contributed by atoms with Gasteiger partial charge in [-0.15, -0.1) is 0 Å². The van der Waals surface area contributed by atoms with Crippen molar-refractivity contribution in [1.29, 1.82) is 0 Å². The van der Waals surface area contributed by atoms with Crippen molar-refractivity contribution in [2.24, 2.45) is 17.7 Å². The Kier molecular flexibility index (Phi) is 3.10. The first kappa shape index (κ1) is 11.6. The molecule has 0 saturated heterocycles. The van der Waals surface area contributed by atoms with Gasteiger partial charge < -0.3 is 10.7 Å². The number of rotatable bonds is 5. The minimum atomic E-state index is -0.452. The van der Waals surface area contributed by atoms with Gasteiger partial charge >= 0.3 is 5.69 Å². The molecule has 0 radical (unpaired) electrons. The molecule has 2 rings (SSSR count). The lowest BCUT2D eigenvalue weighted by molar-refractivity contribution is -0.384. The van der Waals surface area contributed by atoms with Gasteiger partial charge in [0, 0.05) is 12.6 Å².